The zero-order chi connectivity index (χ0) is 26.9. The van der Waals surface area contributed by atoms with Gasteiger partial charge in [-0.25, -0.2) is 0 Å². The van der Waals surface area contributed by atoms with Gasteiger partial charge in [0, 0.05) is 28.9 Å². The summed E-state index contributed by atoms with van der Waals surface area (Å²) in [5.41, 5.74) is 13.4. The van der Waals surface area contributed by atoms with Gasteiger partial charge in [-0.15, -0.1) is 13.2 Å². The standard InChI is InChI=1S/C33H33NO.C2H4/c1-21-7-11-26(12-8-21)34(27-13-9-22(2)23(3)17-27)28-14-16-30-29-15-10-25(18-24(4)35)19-31(29)33(5,6)32(30)20-28;1-2/h7-17,19-20H,18H2,1-6H3;1-2H2. The molecule has 0 heterocycles. The first-order valence-corrected chi connectivity index (χ1v) is 12.9. The van der Waals surface area contributed by atoms with Crippen molar-refractivity contribution in [1.82, 2.24) is 0 Å². The average molecular weight is 488 g/mol. The van der Waals surface area contributed by atoms with E-state index in [4.69, 9.17) is 0 Å². The summed E-state index contributed by atoms with van der Waals surface area (Å²) in [6.45, 7) is 18.7. The molecule has 0 unspecified atom stereocenters. The predicted molar refractivity (Wildman–Crippen MR) is 159 cm³/mol. The van der Waals surface area contributed by atoms with E-state index in [9.17, 15) is 4.79 Å². The summed E-state index contributed by atoms with van der Waals surface area (Å²) < 4.78 is 0. The van der Waals surface area contributed by atoms with Gasteiger partial charge in [0.05, 0.1) is 0 Å². The molecule has 4 aromatic carbocycles. The summed E-state index contributed by atoms with van der Waals surface area (Å²) in [6.07, 6.45) is 0.485. The molecule has 0 aromatic heterocycles. The van der Waals surface area contributed by atoms with Crippen molar-refractivity contribution in [2.75, 3.05) is 4.90 Å². The van der Waals surface area contributed by atoms with E-state index in [0.717, 1.165) is 22.6 Å². The first kappa shape index (κ1) is 26.2. The van der Waals surface area contributed by atoms with E-state index in [0.29, 0.717) is 6.42 Å². The lowest BCUT2D eigenvalue weighted by atomic mass is 9.81. The highest BCUT2D eigenvalue weighted by molar-refractivity contribution is 5.86. The number of hydrogen-bond acceptors (Lipinski definition) is 2. The van der Waals surface area contributed by atoms with Crippen LogP contribution in [0.3, 0.4) is 0 Å². The van der Waals surface area contributed by atoms with E-state index in [2.05, 4.69) is 132 Å². The number of benzene rings is 4. The lowest BCUT2D eigenvalue weighted by molar-refractivity contribution is -0.116. The third-order valence-electron chi connectivity index (χ3n) is 7.48. The zero-order valence-corrected chi connectivity index (χ0v) is 23.0. The fraction of sp³-hybridized carbons (Fsp3) is 0.229. The highest BCUT2D eigenvalue weighted by Gasteiger charge is 2.36. The largest absolute Gasteiger partial charge is 0.310 e. The molecular formula is C35H37NO. The van der Waals surface area contributed by atoms with Gasteiger partial charge in [0.1, 0.15) is 5.78 Å². The van der Waals surface area contributed by atoms with Crippen molar-refractivity contribution in [3.8, 4) is 11.1 Å². The van der Waals surface area contributed by atoms with Crippen LogP contribution in [0.15, 0.2) is 92.0 Å². The monoisotopic (exact) mass is 487 g/mol. The molecule has 1 aliphatic rings. The van der Waals surface area contributed by atoms with Crippen molar-refractivity contribution in [1.29, 1.82) is 0 Å². The minimum absolute atomic E-state index is 0.143. The number of rotatable bonds is 5. The Morgan fingerprint density at radius 2 is 1.24 bits per heavy atom. The molecule has 1 aliphatic carbocycles. The number of hydrogen-bond donors (Lipinski definition) is 0. The smallest absolute Gasteiger partial charge is 0.134 e. The third kappa shape index (κ3) is 4.89. The van der Waals surface area contributed by atoms with E-state index in [1.54, 1.807) is 6.92 Å². The van der Waals surface area contributed by atoms with Crippen molar-refractivity contribution < 1.29 is 4.79 Å². The van der Waals surface area contributed by atoms with Crippen LogP contribution in [0.5, 0.6) is 0 Å². The number of Topliss-reactive ketones (excluding diaryl/α,β-unsaturated/α-hetero) is 1. The number of fused-ring (bicyclic) bond motifs is 3. The average Bonchev–Trinajstić information content (AvgIpc) is 3.09. The highest BCUT2D eigenvalue weighted by Crippen LogP contribution is 2.51. The summed E-state index contributed by atoms with van der Waals surface area (Å²) >= 11 is 0. The molecule has 0 N–H and O–H groups in total. The molecule has 0 amide bonds. The van der Waals surface area contributed by atoms with Crippen LogP contribution >= 0.6 is 0 Å². The fourth-order valence-corrected chi connectivity index (χ4v) is 5.31. The molecule has 0 saturated heterocycles. The van der Waals surface area contributed by atoms with Gasteiger partial charge in [-0.3, -0.25) is 4.79 Å². The summed E-state index contributed by atoms with van der Waals surface area (Å²) in [5, 5.41) is 0. The van der Waals surface area contributed by atoms with Crippen molar-refractivity contribution in [3.05, 3.63) is 125 Å². The van der Waals surface area contributed by atoms with Gasteiger partial charge in [0.15, 0.2) is 0 Å². The number of carbonyl (C=O) groups is 1. The maximum absolute atomic E-state index is 11.7. The van der Waals surface area contributed by atoms with Crippen LogP contribution in [0.1, 0.15) is 54.2 Å². The van der Waals surface area contributed by atoms with Gasteiger partial charge in [0.25, 0.3) is 0 Å². The minimum atomic E-state index is -0.143. The van der Waals surface area contributed by atoms with Crippen molar-refractivity contribution in [2.45, 2.75) is 53.4 Å². The van der Waals surface area contributed by atoms with Crippen molar-refractivity contribution in [2.24, 2.45) is 0 Å². The molecule has 188 valence electrons. The van der Waals surface area contributed by atoms with Crippen molar-refractivity contribution >= 4 is 22.8 Å². The van der Waals surface area contributed by atoms with E-state index in [1.807, 2.05) is 0 Å². The highest BCUT2D eigenvalue weighted by atomic mass is 16.1. The first-order chi connectivity index (χ1) is 17.6. The fourth-order valence-electron chi connectivity index (χ4n) is 5.31. The Balaban J connectivity index is 0.00000156. The Hall–Kier alpha value is -3.91. The molecule has 5 rings (SSSR count). The molecule has 2 heteroatoms. The lowest BCUT2D eigenvalue weighted by Crippen LogP contribution is -2.17. The van der Waals surface area contributed by atoms with Gasteiger partial charge >= 0.3 is 0 Å². The van der Waals surface area contributed by atoms with Crippen LogP contribution in [0, 0.1) is 20.8 Å². The van der Waals surface area contributed by atoms with Gasteiger partial charge in [0.2, 0.25) is 0 Å². The normalized spacial score (nSPS) is 12.7. The first-order valence-electron chi connectivity index (χ1n) is 12.9. The molecule has 0 radical (unpaired) electrons. The quantitative estimate of drug-likeness (QED) is 0.261. The van der Waals surface area contributed by atoms with Crippen LogP contribution in [-0.4, -0.2) is 5.78 Å². The van der Waals surface area contributed by atoms with E-state index in [-0.39, 0.29) is 11.2 Å². The van der Waals surface area contributed by atoms with E-state index in [1.165, 1.54) is 38.9 Å². The Bertz CT molecular complexity index is 1460. The SMILES string of the molecule is C=C.CC(=O)Cc1ccc2c(c1)C(C)(C)c1cc(N(c3ccc(C)cc3)c3ccc(C)c(C)c3)ccc1-2. The molecular weight excluding hydrogens is 450 g/mol. The van der Waals surface area contributed by atoms with E-state index < -0.39 is 0 Å². The second kappa shape index (κ2) is 10.2. The number of nitrogens with zero attached hydrogens (tertiary/aromatic N) is 1. The number of ketones is 1. The van der Waals surface area contributed by atoms with Crippen LogP contribution in [-0.2, 0) is 16.6 Å². The number of anilines is 3. The molecule has 2 nitrogen and oxygen atoms in total. The second-order valence-corrected chi connectivity index (χ2v) is 10.6. The lowest BCUT2D eigenvalue weighted by Gasteiger charge is -2.28. The summed E-state index contributed by atoms with van der Waals surface area (Å²) in [6, 6.07) is 28.8. The molecule has 0 spiro atoms. The Morgan fingerprint density at radius 1 is 0.703 bits per heavy atom. The Kier molecular flexibility index (Phi) is 7.23. The summed E-state index contributed by atoms with van der Waals surface area (Å²) in [5.74, 6) is 0.197. The van der Waals surface area contributed by atoms with Crippen LogP contribution in [0.4, 0.5) is 17.1 Å². The third-order valence-corrected chi connectivity index (χ3v) is 7.48. The number of carbonyl (C=O) groups excluding carboxylic acids is 1. The maximum Gasteiger partial charge on any atom is 0.134 e. The van der Waals surface area contributed by atoms with Crippen LogP contribution in [0.2, 0.25) is 0 Å². The second-order valence-electron chi connectivity index (χ2n) is 10.6. The Morgan fingerprint density at radius 3 is 1.86 bits per heavy atom. The molecule has 37 heavy (non-hydrogen) atoms. The zero-order valence-electron chi connectivity index (χ0n) is 23.0. The summed E-state index contributed by atoms with van der Waals surface area (Å²) in [4.78, 5) is 14.1. The van der Waals surface area contributed by atoms with E-state index >= 15 is 0 Å². The van der Waals surface area contributed by atoms with Gasteiger partial charge < -0.3 is 4.90 Å². The maximum atomic E-state index is 11.7. The molecule has 0 bridgehead atoms. The van der Waals surface area contributed by atoms with Gasteiger partial charge in [-0.2, -0.15) is 0 Å². The minimum Gasteiger partial charge on any atom is -0.310 e. The van der Waals surface area contributed by atoms with Gasteiger partial charge in [-0.05, 0) is 103 Å². The number of aryl methyl sites for hydroxylation is 3. The summed E-state index contributed by atoms with van der Waals surface area (Å²) in [7, 11) is 0. The molecule has 0 atom stereocenters. The van der Waals surface area contributed by atoms with Gasteiger partial charge in [-0.1, -0.05) is 61.9 Å². The van der Waals surface area contributed by atoms with Crippen LogP contribution in [0.25, 0.3) is 11.1 Å². The molecule has 0 aliphatic heterocycles. The molecule has 4 aromatic rings. The Labute approximate surface area is 222 Å². The predicted octanol–water partition coefficient (Wildman–Crippen LogP) is 9.32. The van der Waals surface area contributed by atoms with Crippen molar-refractivity contribution in [3.63, 3.8) is 0 Å². The molecule has 0 saturated carbocycles. The molecule has 0 fully saturated rings. The van der Waals surface area contributed by atoms with Crippen LogP contribution < -0.4 is 4.90 Å². The topological polar surface area (TPSA) is 20.3 Å².